The molecule has 0 spiro atoms. The Bertz CT molecular complexity index is 310. The largest absolute Gasteiger partial charge is 0.448 e. The van der Waals surface area contributed by atoms with Crippen molar-refractivity contribution in [1.29, 1.82) is 0 Å². The summed E-state index contributed by atoms with van der Waals surface area (Å²) in [6.45, 7) is 0. The minimum absolute atomic E-state index is 0.302. The van der Waals surface area contributed by atoms with Crippen LogP contribution in [0, 0.1) is 0 Å². The molecule has 0 aromatic heterocycles. The van der Waals surface area contributed by atoms with E-state index in [0.29, 0.717) is 5.69 Å². The first kappa shape index (κ1) is 11.3. The smallest absolute Gasteiger partial charge is 0.341 e. The van der Waals surface area contributed by atoms with Gasteiger partial charge >= 0.3 is 5.51 Å². The van der Waals surface area contributed by atoms with E-state index in [2.05, 4.69) is 17.5 Å². The Morgan fingerprint density at radius 3 is 2.29 bits per heavy atom. The second-order valence-electron chi connectivity index (χ2n) is 2.33. The molecule has 1 aromatic rings. The number of benzene rings is 1. The molecular formula is C8H6F3NS2. The van der Waals surface area contributed by atoms with E-state index in [1.165, 1.54) is 0 Å². The SMILES string of the molecule is FC(F)(F)SC(=S)Nc1ccccc1. The Balaban J connectivity index is 2.50. The van der Waals surface area contributed by atoms with E-state index < -0.39 is 5.51 Å². The van der Waals surface area contributed by atoms with Gasteiger partial charge in [-0.25, -0.2) is 0 Å². The van der Waals surface area contributed by atoms with Gasteiger partial charge in [-0.05, 0) is 12.1 Å². The molecular weight excluding hydrogens is 231 g/mol. The average molecular weight is 237 g/mol. The molecule has 1 rings (SSSR count). The highest BCUT2D eigenvalue weighted by Crippen LogP contribution is 2.31. The lowest BCUT2D eigenvalue weighted by molar-refractivity contribution is -0.0315. The molecule has 0 bridgehead atoms. The van der Waals surface area contributed by atoms with Gasteiger partial charge in [-0.2, -0.15) is 13.2 Å². The second kappa shape index (κ2) is 4.65. The van der Waals surface area contributed by atoms with E-state index in [4.69, 9.17) is 0 Å². The molecule has 0 saturated heterocycles. The van der Waals surface area contributed by atoms with Gasteiger partial charge in [0.1, 0.15) is 4.32 Å². The van der Waals surface area contributed by atoms with E-state index in [9.17, 15) is 13.2 Å². The number of halogens is 3. The maximum Gasteiger partial charge on any atom is 0.448 e. The van der Waals surface area contributed by atoms with Crippen molar-refractivity contribution < 1.29 is 13.2 Å². The lowest BCUT2D eigenvalue weighted by atomic mass is 10.3. The normalized spacial score (nSPS) is 11.1. The molecule has 0 amide bonds. The summed E-state index contributed by atoms with van der Waals surface area (Å²) in [5.41, 5.74) is -3.78. The standard InChI is InChI=1S/C8H6F3NS2/c9-8(10,11)14-7(13)12-6-4-2-1-3-5-6/h1-5H,(H,12,13). The van der Waals surface area contributed by atoms with Crippen LogP contribution >= 0.6 is 24.0 Å². The molecule has 1 N–H and O–H groups in total. The lowest BCUT2D eigenvalue weighted by Gasteiger charge is -2.08. The Hall–Kier alpha value is -0.750. The molecule has 6 heteroatoms. The van der Waals surface area contributed by atoms with E-state index >= 15 is 0 Å². The van der Waals surface area contributed by atoms with Crippen LogP contribution in [0.3, 0.4) is 0 Å². The minimum Gasteiger partial charge on any atom is -0.341 e. The number of nitrogens with one attached hydrogen (secondary N) is 1. The van der Waals surface area contributed by atoms with Gasteiger partial charge in [-0.15, -0.1) is 0 Å². The van der Waals surface area contributed by atoms with E-state index in [1.54, 1.807) is 30.3 Å². The average Bonchev–Trinajstić information content (AvgIpc) is 2.02. The first-order chi connectivity index (χ1) is 6.47. The van der Waals surface area contributed by atoms with Gasteiger partial charge in [-0.3, -0.25) is 0 Å². The number of rotatable bonds is 1. The summed E-state index contributed by atoms with van der Waals surface area (Å²) in [5, 5.41) is 2.47. The maximum atomic E-state index is 11.8. The zero-order chi connectivity index (χ0) is 10.6. The molecule has 0 aliphatic rings. The summed E-state index contributed by atoms with van der Waals surface area (Å²) >= 11 is 4.19. The molecule has 1 nitrogen and oxygen atoms in total. The van der Waals surface area contributed by atoms with Gasteiger partial charge in [0.25, 0.3) is 0 Å². The van der Waals surface area contributed by atoms with Crippen LogP contribution in [-0.2, 0) is 0 Å². The van der Waals surface area contributed by atoms with Crippen molar-refractivity contribution in [2.45, 2.75) is 5.51 Å². The third-order valence-corrected chi connectivity index (χ3v) is 2.10. The Labute approximate surface area is 88.7 Å². The molecule has 14 heavy (non-hydrogen) atoms. The van der Waals surface area contributed by atoms with Crippen LogP contribution < -0.4 is 5.32 Å². The molecule has 0 fully saturated rings. The molecule has 0 aliphatic heterocycles. The minimum atomic E-state index is -4.33. The van der Waals surface area contributed by atoms with Gasteiger partial charge in [-0.1, -0.05) is 30.4 Å². The van der Waals surface area contributed by atoms with Gasteiger partial charge < -0.3 is 5.32 Å². The summed E-state index contributed by atoms with van der Waals surface area (Å²) in [4.78, 5) is 0. The highest BCUT2D eigenvalue weighted by molar-refractivity contribution is 8.23. The number of para-hydroxylation sites is 1. The summed E-state index contributed by atoms with van der Waals surface area (Å²) in [6, 6.07) is 8.48. The quantitative estimate of drug-likeness (QED) is 0.749. The molecule has 0 atom stereocenters. The summed E-state index contributed by atoms with van der Waals surface area (Å²) in [7, 11) is 0. The molecule has 0 aliphatic carbocycles. The Morgan fingerprint density at radius 2 is 1.79 bits per heavy atom. The number of anilines is 1. The van der Waals surface area contributed by atoms with E-state index in [0.717, 1.165) is 0 Å². The number of thiocarbonyl (C=S) groups is 1. The van der Waals surface area contributed by atoms with Crippen LogP contribution in [0.5, 0.6) is 0 Å². The van der Waals surface area contributed by atoms with Crippen molar-refractivity contribution in [3.8, 4) is 0 Å². The molecule has 1 aromatic carbocycles. The number of alkyl halides is 3. The number of hydrogen-bond donors (Lipinski definition) is 1. The van der Waals surface area contributed by atoms with Crippen molar-refractivity contribution in [3.63, 3.8) is 0 Å². The number of hydrogen-bond acceptors (Lipinski definition) is 2. The highest BCUT2D eigenvalue weighted by atomic mass is 32.2. The highest BCUT2D eigenvalue weighted by Gasteiger charge is 2.30. The van der Waals surface area contributed by atoms with Crippen molar-refractivity contribution in [2.24, 2.45) is 0 Å². The van der Waals surface area contributed by atoms with Crippen LogP contribution in [-0.4, -0.2) is 9.83 Å². The fourth-order valence-electron chi connectivity index (χ4n) is 0.770. The van der Waals surface area contributed by atoms with Crippen LogP contribution in [0.25, 0.3) is 0 Å². The Morgan fingerprint density at radius 1 is 1.21 bits per heavy atom. The van der Waals surface area contributed by atoms with Crippen molar-refractivity contribution in [2.75, 3.05) is 5.32 Å². The van der Waals surface area contributed by atoms with E-state index in [-0.39, 0.29) is 16.1 Å². The third kappa shape index (κ3) is 4.48. The number of thioether (sulfide) groups is 1. The fraction of sp³-hybridized carbons (Fsp3) is 0.125. The second-order valence-corrected chi connectivity index (χ2v) is 4.07. The van der Waals surface area contributed by atoms with Gasteiger partial charge in [0.15, 0.2) is 0 Å². The van der Waals surface area contributed by atoms with Crippen LogP contribution in [0.4, 0.5) is 18.9 Å². The van der Waals surface area contributed by atoms with Gasteiger partial charge in [0.2, 0.25) is 0 Å². The van der Waals surface area contributed by atoms with E-state index in [1.807, 2.05) is 0 Å². The zero-order valence-electron chi connectivity index (χ0n) is 6.84. The topological polar surface area (TPSA) is 12.0 Å². The molecule has 0 radical (unpaired) electrons. The van der Waals surface area contributed by atoms with Gasteiger partial charge in [0.05, 0.1) is 0 Å². The predicted molar refractivity (Wildman–Crippen MR) is 56.3 cm³/mol. The third-order valence-electron chi connectivity index (χ3n) is 1.23. The first-order valence-electron chi connectivity index (χ1n) is 3.59. The predicted octanol–water partition coefficient (Wildman–Crippen LogP) is 3.64. The molecule has 0 saturated carbocycles. The summed E-state index contributed by atoms with van der Waals surface area (Å²) < 4.78 is 35.2. The van der Waals surface area contributed by atoms with Gasteiger partial charge in [0, 0.05) is 17.4 Å². The van der Waals surface area contributed by atoms with Crippen LogP contribution in [0.1, 0.15) is 0 Å². The summed E-state index contributed by atoms with van der Waals surface area (Å²) in [5.74, 6) is 0. The Kier molecular flexibility index (Phi) is 3.77. The molecule has 0 heterocycles. The fourth-order valence-corrected chi connectivity index (χ4v) is 1.55. The molecule has 0 unspecified atom stereocenters. The zero-order valence-corrected chi connectivity index (χ0v) is 8.47. The lowest BCUT2D eigenvalue weighted by Crippen LogP contribution is -2.12. The maximum absolute atomic E-state index is 11.8. The van der Waals surface area contributed by atoms with Crippen LogP contribution in [0.2, 0.25) is 0 Å². The van der Waals surface area contributed by atoms with Crippen molar-refractivity contribution in [3.05, 3.63) is 30.3 Å². The summed E-state index contributed by atoms with van der Waals surface area (Å²) in [6.07, 6.45) is 0. The molecule has 76 valence electrons. The van der Waals surface area contributed by atoms with Crippen LogP contribution in [0.15, 0.2) is 30.3 Å². The first-order valence-corrected chi connectivity index (χ1v) is 4.81. The van der Waals surface area contributed by atoms with Crippen molar-refractivity contribution >= 4 is 34.0 Å². The van der Waals surface area contributed by atoms with Crippen molar-refractivity contribution in [1.82, 2.24) is 0 Å². The monoisotopic (exact) mass is 237 g/mol.